The molecule has 8 heteroatoms. The van der Waals surface area contributed by atoms with Gasteiger partial charge in [0.05, 0.1) is 16.7 Å². The number of rotatable bonds is 6. The van der Waals surface area contributed by atoms with E-state index >= 15 is 0 Å². The van der Waals surface area contributed by atoms with E-state index < -0.39 is 11.0 Å². The van der Waals surface area contributed by atoms with Crippen LogP contribution < -0.4 is 5.56 Å². The van der Waals surface area contributed by atoms with E-state index in [4.69, 9.17) is 0 Å². The largest absolute Gasteiger partial charge is 0.388 e. The van der Waals surface area contributed by atoms with E-state index in [2.05, 4.69) is 9.97 Å². The van der Waals surface area contributed by atoms with Gasteiger partial charge in [-0.25, -0.2) is 4.98 Å². The molecule has 0 aliphatic rings. The van der Waals surface area contributed by atoms with Crippen molar-refractivity contribution in [2.75, 3.05) is 0 Å². The van der Waals surface area contributed by atoms with E-state index in [0.717, 1.165) is 10.9 Å². The minimum Gasteiger partial charge on any atom is -0.388 e. The number of aliphatic hydroxyl groups excluding tert-OH is 1. The molecule has 1 aromatic carbocycles. The molecule has 150 valence electrons. The highest BCUT2D eigenvalue weighted by molar-refractivity contribution is 5.77. The van der Waals surface area contributed by atoms with Crippen LogP contribution in [0.5, 0.6) is 0 Å². The van der Waals surface area contributed by atoms with Gasteiger partial charge < -0.3 is 5.11 Å². The molecular weight excluding hydrogens is 384 g/mol. The molecule has 4 rings (SSSR count). The van der Waals surface area contributed by atoms with Crippen LogP contribution in [0, 0.1) is 10.1 Å². The van der Waals surface area contributed by atoms with Crippen LogP contribution in [0.3, 0.4) is 0 Å². The summed E-state index contributed by atoms with van der Waals surface area (Å²) in [6, 6.07) is 14.7. The molecule has 3 heterocycles. The fraction of sp³-hybridized carbons (Fsp3) is 0.136. The van der Waals surface area contributed by atoms with Crippen molar-refractivity contribution in [3.63, 3.8) is 0 Å². The number of fused-ring (bicyclic) bond motifs is 1. The molecule has 30 heavy (non-hydrogen) atoms. The molecule has 0 aliphatic carbocycles. The minimum atomic E-state index is -0.733. The number of benzene rings is 1. The normalized spacial score (nSPS) is 12.0. The van der Waals surface area contributed by atoms with Gasteiger partial charge in [0.2, 0.25) is 0 Å². The third-order valence-electron chi connectivity index (χ3n) is 4.91. The first-order valence-electron chi connectivity index (χ1n) is 9.37. The van der Waals surface area contributed by atoms with Gasteiger partial charge in [0.1, 0.15) is 5.65 Å². The first-order chi connectivity index (χ1) is 14.5. The van der Waals surface area contributed by atoms with Crippen molar-refractivity contribution in [3.05, 3.63) is 105 Å². The Morgan fingerprint density at radius 2 is 1.87 bits per heavy atom. The predicted octanol–water partition coefficient (Wildman–Crippen LogP) is 3.36. The van der Waals surface area contributed by atoms with Gasteiger partial charge in [-0.2, -0.15) is 0 Å². The van der Waals surface area contributed by atoms with Crippen LogP contribution in [0.4, 0.5) is 5.69 Å². The van der Waals surface area contributed by atoms with Gasteiger partial charge in [-0.1, -0.05) is 6.07 Å². The van der Waals surface area contributed by atoms with Gasteiger partial charge >= 0.3 is 0 Å². The lowest BCUT2D eigenvalue weighted by Crippen LogP contribution is -2.23. The van der Waals surface area contributed by atoms with Crippen LogP contribution in [0.25, 0.3) is 16.7 Å². The predicted molar refractivity (Wildman–Crippen MR) is 112 cm³/mol. The van der Waals surface area contributed by atoms with Crippen LogP contribution in [0.15, 0.2) is 78.0 Å². The fourth-order valence-corrected chi connectivity index (χ4v) is 3.41. The Labute approximate surface area is 171 Å². The Bertz CT molecular complexity index is 1270. The second-order valence-corrected chi connectivity index (χ2v) is 6.84. The summed E-state index contributed by atoms with van der Waals surface area (Å²) < 4.78 is 1.39. The summed E-state index contributed by atoms with van der Waals surface area (Å²) in [7, 11) is 0. The number of hydrogen-bond acceptors (Lipinski definition) is 6. The van der Waals surface area contributed by atoms with E-state index in [-0.39, 0.29) is 11.2 Å². The number of aliphatic hydroxyl groups is 1. The number of nitrogens with zero attached hydrogens (tertiary/aromatic N) is 4. The molecular formula is C22H18N4O4. The SMILES string of the molecule is O=c1c(CCC(O)c2ccncc2)cc2cccnc2n1-c1cccc([N+](=O)[O-])c1. The van der Waals surface area contributed by atoms with Crippen LogP contribution in [0.2, 0.25) is 0 Å². The van der Waals surface area contributed by atoms with Crippen LogP contribution in [0.1, 0.15) is 23.7 Å². The first-order valence-corrected chi connectivity index (χ1v) is 9.37. The molecule has 0 saturated heterocycles. The second-order valence-electron chi connectivity index (χ2n) is 6.84. The Balaban J connectivity index is 1.77. The van der Waals surface area contributed by atoms with E-state index in [1.54, 1.807) is 48.9 Å². The number of nitro benzene ring substituents is 1. The van der Waals surface area contributed by atoms with E-state index in [0.29, 0.717) is 29.7 Å². The molecule has 8 nitrogen and oxygen atoms in total. The van der Waals surface area contributed by atoms with Gasteiger partial charge in [0.15, 0.2) is 0 Å². The average Bonchev–Trinajstić information content (AvgIpc) is 2.78. The van der Waals surface area contributed by atoms with Gasteiger partial charge in [0.25, 0.3) is 11.2 Å². The lowest BCUT2D eigenvalue weighted by molar-refractivity contribution is -0.384. The molecule has 0 radical (unpaired) electrons. The Kier molecular flexibility index (Phi) is 5.32. The molecule has 0 amide bonds. The third-order valence-corrected chi connectivity index (χ3v) is 4.91. The van der Waals surface area contributed by atoms with Crippen molar-refractivity contribution in [2.24, 2.45) is 0 Å². The topological polar surface area (TPSA) is 111 Å². The zero-order valence-electron chi connectivity index (χ0n) is 15.9. The maximum atomic E-state index is 13.3. The van der Waals surface area contributed by atoms with E-state index in [9.17, 15) is 20.0 Å². The van der Waals surface area contributed by atoms with Crippen molar-refractivity contribution >= 4 is 16.7 Å². The van der Waals surface area contributed by atoms with Crippen LogP contribution in [-0.4, -0.2) is 24.6 Å². The third kappa shape index (κ3) is 3.81. The maximum Gasteiger partial charge on any atom is 0.271 e. The van der Waals surface area contributed by atoms with E-state index in [1.807, 2.05) is 6.07 Å². The van der Waals surface area contributed by atoms with Crippen molar-refractivity contribution in [1.29, 1.82) is 0 Å². The Hall–Kier alpha value is -3.91. The monoisotopic (exact) mass is 402 g/mol. The average molecular weight is 402 g/mol. The molecule has 1 unspecified atom stereocenters. The van der Waals surface area contributed by atoms with Gasteiger partial charge in [-0.3, -0.25) is 24.5 Å². The molecule has 4 aromatic rings. The number of hydrogen-bond donors (Lipinski definition) is 1. The fourth-order valence-electron chi connectivity index (χ4n) is 3.41. The summed E-state index contributed by atoms with van der Waals surface area (Å²) in [5, 5.41) is 22.4. The van der Waals surface area contributed by atoms with Crippen LogP contribution >= 0.6 is 0 Å². The highest BCUT2D eigenvalue weighted by Gasteiger charge is 2.16. The lowest BCUT2D eigenvalue weighted by atomic mass is 10.0. The van der Waals surface area contributed by atoms with Crippen molar-refractivity contribution in [1.82, 2.24) is 14.5 Å². The highest BCUT2D eigenvalue weighted by atomic mass is 16.6. The van der Waals surface area contributed by atoms with Crippen molar-refractivity contribution < 1.29 is 10.0 Å². The van der Waals surface area contributed by atoms with Gasteiger partial charge in [-0.05, 0) is 54.8 Å². The van der Waals surface area contributed by atoms with Crippen molar-refractivity contribution in [2.45, 2.75) is 18.9 Å². The molecule has 1 atom stereocenters. The van der Waals surface area contributed by atoms with Gasteiger partial charge in [0, 0.05) is 41.7 Å². The quantitative estimate of drug-likeness (QED) is 0.391. The number of aromatic nitrogens is 3. The zero-order valence-corrected chi connectivity index (χ0v) is 15.9. The summed E-state index contributed by atoms with van der Waals surface area (Å²) >= 11 is 0. The number of pyridine rings is 3. The number of aryl methyl sites for hydroxylation is 1. The lowest BCUT2D eigenvalue weighted by Gasteiger charge is -2.14. The molecule has 0 bridgehead atoms. The Morgan fingerprint density at radius 1 is 1.07 bits per heavy atom. The minimum absolute atomic E-state index is 0.109. The highest BCUT2D eigenvalue weighted by Crippen LogP contribution is 2.22. The molecule has 0 saturated carbocycles. The summed E-state index contributed by atoms with van der Waals surface area (Å²) in [4.78, 5) is 32.2. The molecule has 0 spiro atoms. The summed E-state index contributed by atoms with van der Waals surface area (Å²) in [6.07, 6.45) is 4.73. The zero-order chi connectivity index (χ0) is 21.1. The van der Waals surface area contributed by atoms with E-state index in [1.165, 1.54) is 22.8 Å². The molecule has 3 aromatic heterocycles. The number of non-ortho nitro benzene ring substituents is 1. The van der Waals surface area contributed by atoms with Crippen molar-refractivity contribution in [3.8, 4) is 5.69 Å². The van der Waals surface area contributed by atoms with Gasteiger partial charge in [-0.15, -0.1) is 0 Å². The summed E-state index contributed by atoms with van der Waals surface area (Å²) in [5.74, 6) is 0. The van der Waals surface area contributed by atoms with Crippen LogP contribution in [-0.2, 0) is 6.42 Å². The molecule has 1 N–H and O–H groups in total. The molecule has 0 fully saturated rings. The Morgan fingerprint density at radius 3 is 2.63 bits per heavy atom. The summed E-state index contributed by atoms with van der Waals surface area (Å²) in [6.45, 7) is 0. The molecule has 0 aliphatic heterocycles. The number of nitro groups is 1. The second kappa shape index (κ2) is 8.22. The first kappa shape index (κ1) is 19.4. The standard InChI is InChI=1S/C22H18N4O4/c27-20(15-8-11-23-12-9-15)7-6-17-13-16-3-2-10-24-21(16)25(22(17)28)18-4-1-5-19(14-18)26(29)30/h1-5,8-14,20,27H,6-7H2. The summed E-state index contributed by atoms with van der Waals surface area (Å²) in [5.41, 5.74) is 1.59. The smallest absolute Gasteiger partial charge is 0.271 e. The maximum absolute atomic E-state index is 13.3.